The van der Waals surface area contributed by atoms with Gasteiger partial charge in [0.05, 0.1) is 34.5 Å². The lowest BCUT2D eigenvalue weighted by Gasteiger charge is -2.49. The number of likely N-dealkylation sites (tertiary alicyclic amines) is 1. The number of nitrogens with one attached hydrogen (secondary N) is 1. The molecular weight excluding hydrogens is 428 g/mol. The first kappa shape index (κ1) is 21.3. The lowest BCUT2D eigenvalue weighted by Crippen LogP contribution is -2.65. The molecule has 0 bridgehead atoms. The summed E-state index contributed by atoms with van der Waals surface area (Å²) in [7, 11) is 0. The molecule has 1 aliphatic heterocycles. The van der Waals surface area contributed by atoms with Crippen molar-refractivity contribution in [1.29, 1.82) is 5.26 Å². The lowest BCUT2D eigenvalue weighted by atomic mass is 9.76. The molecule has 0 saturated carbocycles. The molecule has 1 saturated heterocycles. The van der Waals surface area contributed by atoms with Gasteiger partial charge < -0.3 is 16.0 Å². The Morgan fingerprint density at radius 2 is 2.00 bits per heavy atom. The number of nitrogens with two attached hydrogens (primary N) is 1. The molecule has 4 rings (SSSR count). The Morgan fingerprint density at radius 1 is 1.25 bits per heavy atom. The number of primary amides is 1. The number of amides is 2. The summed E-state index contributed by atoms with van der Waals surface area (Å²) in [6.45, 7) is 0.404. The minimum atomic E-state index is -4.67. The lowest BCUT2D eigenvalue weighted by molar-refractivity contribution is -0.140. The maximum atomic E-state index is 13.4. The highest BCUT2D eigenvalue weighted by atomic mass is 19.4. The fourth-order valence-corrected chi connectivity index (χ4v) is 3.75. The van der Waals surface area contributed by atoms with E-state index in [0.717, 1.165) is 12.3 Å². The number of anilines is 1. The number of benzene rings is 1. The fraction of sp³-hybridized carbons (Fsp3) is 0.238. The van der Waals surface area contributed by atoms with Gasteiger partial charge in [-0.2, -0.15) is 18.4 Å². The average molecular weight is 444 g/mol. The number of carbonyl (C=O) groups is 1. The minimum Gasteiger partial charge on any atom is -0.383 e. The zero-order valence-electron chi connectivity index (χ0n) is 16.4. The summed E-state index contributed by atoms with van der Waals surface area (Å²) in [5, 5.41) is 12.5. The first-order valence-electron chi connectivity index (χ1n) is 9.44. The van der Waals surface area contributed by atoms with Crippen molar-refractivity contribution in [3.8, 4) is 6.07 Å². The SMILES string of the molecule is N#Cc1ccc2nc(C(F)(F)F)cc(NCC3(c4ccc(F)cn4)CN(C(N)=O)C3)c2c1. The van der Waals surface area contributed by atoms with Gasteiger partial charge in [-0.15, -0.1) is 0 Å². The van der Waals surface area contributed by atoms with Gasteiger partial charge in [-0.1, -0.05) is 0 Å². The van der Waals surface area contributed by atoms with E-state index in [0.29, 0.717) is 11.1 Å². The van der Waals surface area contributed by atoms with Gasteiger partial charge in [0.2, 0.25) is 0 Å². The van der Waals surface area contributed by atoms with E-state index < -0.39 is 29.1 Å². The van der Waals surface area contributed by atoms with Gasteiger partial charge in [0.15, 0.2) is 0 Å². The van der Waals surface area contributed by atoms with E-state index in [9.17, 15) is 27.6 Å². The van der Waals surface area contributed by atoms with Crippen LogP contribution in [0, 0.1) is 17.1 Å². The summed E-state index contributed by atoms with van der Waals surface area (Å²) >= 11 is 0. The predicted molar refractivity (Wildman–Crippen MR) is 107 cm³/mol. The molecule has 0 radical (unpaired) electrons. The quantitative estimate of drug-likeness (QED) is 0.600. The van der Waals surface area contributed by atoms with Crippen molar-refractivity contribution in [2.24, 2.45) is 5.73 Å². The molecule has 3 N–H and O–H groups in total. The van der Waals surface area contributed by atoms with Crippen molar-refractivity contribution in [3.05, 3.63) is 65.4 Å². The largest absolute Gasteiger partial charge is 0.433 e. The molecule has 0 spiro atoms. The molecule has 0 atom stereocenters. The second-order valence-corrected chi connectivity index (χ2v) is 7.59. The predicted octanol–water partition coefficient (Wildman–Crippen LogP) is 3.40. The molecule has 3 heterocycles. The van der Waals surface area contributed by atoms with E-state index >= 15 is 0 Å². The third-order valence-corrected chi connectivity index (χ3v) is 5.41. The van der Waals surface area contributed by atoms with Gasteiger partial charge in [0.1, 0.15) is 11.5 Å². The van der Waals surface area contributed by atoms with Crippen LogP contribution in [0.4, 0.5) is 28.0 Å². The number of fused-ring (bicyclic) bond motifs is 1. The van der Waals surface area contributed by atoms with Gasteiger partial charge in [-0.25, -0.2) is 14.2 Å². The highest BCUT2D eigenvalue weighted by Gasteiger charge is 2.47. The molecule has 2 aromatic heterocycles. The van der Waals surface area contributed by atoms with Crippen molar-refractivity contribution in [2.75, 3.05) is 25.0 Å². The van der Waals surface area contributed by atoms with Crippen LogP contribution in [-0.2, 0) is 11.6 Å². The maximum absolute atomic E-state index is 13.4. The standard InChI is InChI=1S/C21H16F4N6O/c22-13-2-4-17(28-8-13)20(10-31(11-20)19(27)32)9-29-16-6-18(21(23,24)25)30-15-3-1-12(7-26)5-14(15)16/h1-6,8H,9-11H2,(H2,27,32)(H,29,30). The number of halogens is 4. The highest BCUT2D eigenvalue weighted by Crippen LogP contribution is 2.37. The molecule has 1 aromatic carbocycles. The Bertz CT molecular complexity index is 1230. The van der Waals surface area contributed by atoms with Crippen LogP contribution < -0.4 is 11.1 Å². The molecule has 164 valence electrons. The Balaban J connectivity index is 1.73. The third kappa shape index (κ3) is 3.87. The molecule has 1 fully saturated rings. The number of nitriles is 1. The van der Waals surface area contributed by atoms with E-state index in [4.69, 9.17) is 5.73 Å². The second kappa shape index (κ2) is 7.64. The number of nitrogens with zero attached hydrogens (tertiary/aromatic N) is 4. The molecule has 0 unspecified atom stereocenters. The Hall–Kier alpha value is -3.94. The van der Waals surface area contributed by atoms with Gasteiger partial charge in [-0.05, 0) is 36.4 Å². The number of pyridine rings is 2. The molecule has 11 heteroatoms. The van der Waals surface area contributed by atoms with Crippen LogP contribution in [0.1, 0.15) is 17.0 Å². The van der Waals surface area contributed by atoms with Crippen LogP contribution in [0.15, 0.2) is 42.6 Å². The van der Waals surface area contributed by atoms with Gasteiger partial charge >= 0.3 is 12.2 Å². The first-order valence-corrected chi connectivity index (χ1v) is 9.44. The fourth-order valence-electron chi connectivity index (χ4n) is 3.75. The number of hydrogen-bond donors (Lipinski definition) is 2. The second-order valence-electron chi connectivity index (χ2n) is 7.59. The van der Waals surface area contributed by atoms with Crippen molar-refractivity contribution in [2.45, 2.75) is 11.6 Å². The van der Waals surface area contributed by atoms with E-state index in [1.807, 2.05) is 6.07 Å². The number of urea groups is 1. The van der Waals surface area contributed by atoms with Crippen LogP contribution in [-0.4, -0.2) is 40.5 Å². The van der Waals surface area contributed by atoms with E-state index in [1.54, 1.807) is 0 Å². The summed E-state index contributed by atoms with van der Waals surface area (Å²) in [6.07, 6.45) is -3.64. The number of carbonyl (C=O) groups excluding carboxylic acids is 1. The maximum Gasteiger partial charge on any atom is 0.433 e. The van der Waals surface area contributed by atoms with E-state index in [1.165, 1.54) is 35.2 Å². The van der Waals surface area contributed by atoms with Gasteiger partial charge in [0, 0.05) is 30.7 Å². The minimum absolute atomic E-state index is 0.0719. The number of aromatic nitrogens is 2. The summed E-state index contributed by atoms with van der Waals surface area (Å²) in [5.74, 6) is -0.540. The molecule has 0 aliphatic carbocycles. The Kier molecular flexibility index (Phi) is 5.08. The van der Waals surface area contributed by atoms with E-state index in [-0.39, 0.29) is 36.4 Å². The monoisotopic (exact) mass is 444 g/mol. The van der Waals surface area contributed by atoms with Crippen molar-refractivity contribution < 1.29 is 22.4 Å². The zero-order chi connectivity index (χ0) is 23.1. The van der Waals surface area contributed by atoms with Crippen molar-refractivity contribution >= 4 is 22.6 Å². The molecule has 2 amide bonds. The normalized spacial score (nSPS) is 15.2. The van der Waals surface area contributed by atoms with Crippen LogP contribution in [0.25, 0.3) is 10.9 Å². The topological polar surface area (TPSA) is 108 Å². The van der Waals surface area contributed by atoms with Crippen molar-refractivity contribution in [3.63, 3.8) is 0 Å². The van der Waals surface area contributed by atoms with E-state index in [2.05, 4.69) is 15.3 Å². The zero-order valence-corrected chi connectivity index (χ0v) is 16.4. The summed E-state index contributed by atoms with van der Waals surface area (Å²) < 4.78 is 53.5. The van der Waals surface area contributed by atoms with Gasteiger partial charge in [0.25, 0.3) is 0 Å². The van der Waals surface area contributed by atoms with Gasteiger partial charge in [-0.3, -0.25) is 4.98 Å². The smallest absolute Gasteiger partial charge is 0.383 e. The highest BCUT2D eigenvalue weighted by molar-refractivity contribution is 5.92. The van der Waals surface area contributed by atoms with Crippen LogP contribution in [0.5, 0.6) is 0 Å². The summed E-state index contributed by atoms with van der Waals surface area (Å²) in [5.41, 5.74) is 4.38. The summed E-state index contributed by atoms with van der Waals surface area (Å²) in [6, 6.07) is 9.06. The number of hydrogen-bond acceptors (Lipinski definition) is 5. The Labute approximate surface area is 179 Å². The number of alkyl halides is 3. The molecule has 1 aliphatic rings. The first-order chi connectivity index (χ1) is 15.1. The van der Waals surface area contributed by atoms with Crippen LogP contribution in [0.3, 0.4) is 0 Å². The van der Waals surface area contributed by atoms with Crippen LogP contribution in [0.2, 0.25) is 0 Å². The van der Waals surface area contributed by atoms with Crippen LogP contribution >= 0.6 is 0 Å². The average Bonchev–Trinajstić information content (AvgIpc) is 2.72. The Morgan fingerprint density at radius 3 is 2.59 bits per heavy atom. The number of rotatable bonds is 4. The molecular formula is C21H16F4N6O. The molecule has 7 nitrogen and oxygen atoms in total. The van der Waals surface area contributed by atoms with Crippen molar-refractivity contribution in [1.82, 2.24) is 14.9 Å². The molecule has 3 aromatic rings. The third-order valence-electron chi connectivity index (χ3n) is 5.41. The summed E-state index contributed by atoms with van der Waals surface area (Å²) in [4.78, 5) is 20.6. The molecule has 32 heavy (non-hydrogen) atoms.